The lowest BCUT2D eigenvalue weighted by Crippen LogP contribution is -2.44. The van der Waals surface area contributed by atoms with E-state index in [1.165, 1.54) is 30.4 Å². The van der Waals surface area contributed by atoms with Crippen LogP contribution in [-0.2, 0) is 33.8 Å². The second-order valence-corrected chi connectivity index (χ2v) is 15.8. The van der Waals surface area contributed by atoms with Crippen LogP contribution < -0.4 is 4.90 Å². The van der Waals surface area contributed by atoms with Crippen LogP contribution in [0.2, 0.25) is 0 Å². The molecule has 0 radical (unpaired) electrons. The number of halogens is 1. The SMILES string of the molecule is Cc1cccc(F)c1CN1CCc2cc(-c3c(C)nc(C)c([C@H](OC(C)(C)C)C(=O)OC(C)C)c3N3CCC4(CCC4)CC3)ccc2C1. The first kappa shape index (κ1) is 34.6. The number of carbonyl (C=O) groups excluding carboxylic acids is 1. The van der Waals surface area contributed by atoms with Crippen molar-refractivity contribution in [3.63, 3.8) is 0 Å². The molecule has 0 amide bonds. The van der Waals surface area contributed by atoms with Crippen molar-refractivity contribution in [2.24, 2.45) is 5.41 Å². The van der Waals surface area contributed by atoms with Crippen LogP contribution in [0.3, 0.4) is 0 Å². The van der Waals surface area contributed by atoms with Gasteiger partial charge in [-0.2, -0.15) is 0 Å². The summed E-state index contributed by atoms with van der Waals surface area (Å²) in [5.74, 6) is -0.502. The van der Waals surface area contributed by atoms with Crippen LogP contribution in [0.5, 0.6) is 0 Å². The van der Waals surface area contributed by atoms with E-state index in [9.17, 15) is 9.18 Å². The number of aryl methyl sites for hydroxylation is 3. The molecule has 1 saturated carbocycles. The van der Waals surface area contributed by atoms with E-state index in [4.69, 9.17) is 14.5 Å². The van der Waals surface area contributed by atoms with Gasteiger partial charge in [0.25, 0.3) is 0 Å². The van der Waals surface area contributed by atoms with E-state index >= 15 is 0 Å². The van der Waals surface area contributed by atoms with Gasteiger partial charge < -0.3 is 14.4 Å². The number of carbonyl (C=O) groups is 1. The predicted octanol–water partition coefficient (Wildman–Crippen LogP) is 8.95. The fourth-order valence-corrected chi connectivity index (χ4v) is 8.08. The first-order valence-corrected chi connectivity index (χ1v) is 18.0. The Morgan fingerprint density at radius 3 is 2.33 bits per heavy atom. The molecule has 3 aliphatic rings. The Morgan fingerprint density at radius 2 is 1.71 bits per heavy atom. The molecule has 1 atom stereocenters. The van der Waals surface area contributed by atoms with Crippen LogP contribution in [0.15, 0.2) is 36.4 Å². The number of hydrogen-bond donors (Lipinski definition) is 0. The topological polar surface area (TPSA) is 54.9 Å². The van der Waals surface area contributed by atoms with Gasteiger partial charge in [0.1, 0.15) is 5.82 Å². The lowest BCUT2D eigenvalue weighted by molar-refractivity contribution is -0.171. The normalized spacial score (nSPS) is 18.5. The lowest BCUT2D eigenvalue weighted by Gasteiger charge is -2.49. The molecule has 1 aliphatic carbocycles. The molecular formula is C41H54FN3O3. The number of ether oxygens (including phenoxy) is 2. The standard InChI is InChI=1S/C41H54FN3O3/c1-26(2)47-39(46)38(48-40(6,7)8)36-29(5)43-28(4)35(37(36)45-21-18-41(19-22-45)16-10-17-41)31-13-14-32-24-44(20-15-30(32)23-31)25-33-27(3)11-9-12-34(33)42/h9,11-14,23,26,38H,10,15-22,24-25H2,1-8H3/t38-/m0/s1. The van der Waals surface area contributed by atoms with Crippen molar-refractivity contribution in [3.8, 4) is 11.1 Å². The molecule has 1 spiro atoms. The molecule has 3 aromatic rings. The molecule has 2 aromatic carbocycles. The molecule has 258 valence electrons. The van der Waals surface area contributed by atoms with Crippen molar-refractivity contribution in [1.82, 2.24) is 9.88 Å². The van der Waals surface area contributed by atoms with Crippen molar-refractivity contribution in [2.45, 2.75) is 125 Å². The fraction of sp³-hybridized carbons (Fsp3) is 0.561. The molecule has 1 saturated heterocycles. The minimum Gasteiger partial charge on any atom is -0.461 e. The Balaban J connectivity index is 1.42. The van der Waals surface area contributed by atoms with Gasteiger partial charge in [0.15, 0.2) is 6.10 Å². The monoisotopic (exact) mass is 655 g/mol. The third-order valence-electron chi connectivity index (χ3n) is 10.8. The highest BCUT2D eigenvalue weighted by Gasteiger charge is 2.42. The van der Waals surface area contributed by atoms with Crippen molar-refractivity contribution in [3.05, 3.63) is 81.4 Å². The second-order valence-electron chi connectivity index (χ2n) is 15.8. The van der Waals surface area contributed by atoms with Gasteiger partial charge in [0.05, 0.1) is 17.4 Å². The van der Waals surface area contributed by atoms with Crippen LogP contribution in [-0.4, -0.2) is 47.2 Å². The molecule has 3 heterocycles. The van der Waals surface area contributed by atoms with E-state index in [-0.39, 0.29) is 17.9 Å². The Kier molecular flexibility index (Phi) is 9.76. The number of fused-ring (bicyclic) bond motifs is 1. The Hall–Kier alpha value is -3.29. The van der Waals surface area contributed by atoms with E-state index in [1.807, 2.05) is 54.5 Å². The minimum atomic E-state index is -0.901. The molecule has 0 N–H and O–H groups in total. The van der Waals surface area contributed by atoms with Crippen molar-refractivity contribution in [1.29, 1.82) is 0 Å². The highest BCUT2D eigenvalue weighted by atomic mass is 19.1. The Bertz CT molecular complexity index is 1640. The fourth-order valence-electron chi connectivity index (χ4n) is 8.08. The average molecular weight is 656 g/mol. The maximum absolute atomic E-state index is 14.7. The predicted molar refractivity (Wildman–Crippen MR) is 191 cm³/mol. The maximum atomic E-state index is 14.7. The van der Waals surface area contributed by atoms with E-state index < -0.39 is 11.7 Å². The summed E-state index contributed by atoms with van der Waals surface area (Å²) in [5, 5.41) is 0. The highest BCUT2D eigenvalue weighted by Crippen LogP contribution is 2.51. The average Bonchev–Trinajstić information content (AvgIpc) is 3.00. The van der Waals surface area contributed by atoms with E-state index in [2.05, 4.69) is 34.9 Å². The number of pyridine rings is 1. The summed E-state index contributed by atoms with van der Waals surface area (Å²) in [4.78, 5) is 23.8. The molecule has 2 fully saturated rings. The van der Waals surface area contributed by atoms with Crippen molar-refractivity contribution >= 4 is 11.7 Å². The summed E-state index contributed by atoms with van der Waals surface area (Å²) in [7, 11) is 0. The number of hydrogen-bond acceptors (Lipinski definition) is 6. The number of piperidine rings is 1. The van der Waals surface area contributed by atoms with Crippen LogP contribution >= 0.6 is 0 Å². The minimum absolute atomic E-state index is 0.131. The number of nitrogens with zero attached hydrogens (tertiary/aromatic N) is 3. The summed E-state index contributed by atoms with van der Waals surface area (Å²) in [6.07, 6.45) is 6.03. The number of anilines is 1. The van der Waals surface area contributed by atoms with Gasteiger partial charge in [-0.15, -0.1) is 0 Å². The number of benzene rings is 2. The van der Waals surface area contributed by atoms with E-state index in [0.29, 0.717) is 12.0 Å². The van der Waals surface area contributed by atoms with Crippen molar-refractivity contribution in [2.75, 3.05) is 24.5 Å². The van der Waals surface area contributed by atoms with Crippen LogP contribution in [0.25, 0.3) is 11.1 Å². The zero-order chi connectivity index (χ0) is 34.4. The van der Waals surface area contributed by atoms with Gasteiger partial charge in [-0.3, -0.25) is 9.88 Å². The van der Waals surface area contributed by atoms with Crippen molar-refractivity contribution < 1.29 is 18.7 Å². The molecule has 2 aliphatic heterocycles. The smallest absolute Gasteiger partial charge is 0.340 e. The first-order chi connectivity index (χ1) is 22.7. The third kappa shape index (κ3) is 7.18. The number of esters is 1. The van der Waals surface area contributed by atoms with Crippen LogP contribution in [0.1, 0.15) is 112 Å². The summed E-state index contributed by atoms with van der Waals surface area (Å²) in [5.41, 5.74) is 10.1. The molecule has 6 nitrogen and oxygen atoms in total. The lowest BCUT2D eigenvalue weighted by atomic mass is 9.63. The summed E-state index contributed by atoms with van der Waals surface area (Å²) in [6, 6.07) is 12.1. The molecular weight excluding hydrogens is 601 g/mol. The van der Waals surface area contributed by atoms with E-state index in [0.717, 1.165) is 90.3 Å². The van der Waals surface area contributed by atoms with Gasteiger partial charge in [-0.05, 0) is 121 Å². The zero-order valence-corrected chi connectivity index (χ0v) is 30.3. The van der Waals surface area contributed by atoms with Gasteiger partial charge in [0.2, 0.25) is 0 Å². The molecule has 7 heteroatoms. The van der Waals surface area contributed by atoms with Gasteiger partial charge in [-0.25, -0.2) is 9.18 Å². The summed E-state index contributed by atoms with van der Waals surface area (Å²) < 4.78 is 27.1. The number of aromatic nitrogens is 1. The van der Waals surface area contributed by atoms with E-state index in [1.54, 1.807) is 12.1 Å². The van der Waals surface area contributed by atoms with Gasteiger partial charge >= 0.3 is 5.97 Å². The molecule has 0 bridgehead atoms. The zero-order valence-electron chi connectivity index (χ0n) is 30.3. The maximum Gasteiger partial charge on any atom is 0.340 e. The van der Waals surface area contributed by atoms with Gasteiger partial charge in [-0.1, -0.05) is 36.8 Å². The number of rotatable bonds is 8. The molecule has 0 unspecified atom stereocenters. The summed E-state index contributed by atoms with van der Waals surface area (Å²) >= 11 is 0. The van der Waals surface area contributed by atoms with Crippen LogP contribution in [0.4, 0.5) is 10.1 Å². The first-order valence-electron chi connectivity index (χ1n) is 18.0. The second kappa shape index (κ2) is 13.5. The molecule has 48 heavy (non-hydrogen) atoms. The largest absolute Gasteiger partial charge is 0.461 e. The Morgan fingerprint density at radius 1 is 0.979 bits per heavy atom. The van der Waals surface area contributed by atoms with Gasteiger partial charge in [0, 0.05) is 60.8 Å². The third-order valence-corrected chi connectivity index (χ3v) is 10.8. The summed E-state index contributed by atoms with van der Waals surface area (Å²) in [6.45, 7) is 20.0. The van der Waals surface area contributed by atoms with Crippen LogP contribution in [0, 0.1) is 32.0 Å². The Labute approximate surface area is 287 Å². The quantitative estimate of drug-likeness (QED) is 0.226. The molecule has 1 aromatic heterocycles. The highest BCUT2D eigenvalue weighted by molar-refractivity contribution is 5.88. The molecule has 6 rings (SSSR count).